The average Bonchev–Trinajstić information content (AvgIpc) is 3.38. The lowest BCUT2D eigenvalue weighted by Crippen LogP contribution is -2.50. The molecule has 29 heavy (non-hydrogen) atoms. The molecule has 4 heterocycles. The number of piperazine rings is 1. The van der Waals surface area contributed by atoms with Crippen LogP contribution in [0.2, 0.25) is 0 Å². The summed E-state index contributed by atoms with van der Waals surface area (Å²) in [5, 5.41) is 17.1. The molecular formula is C20H17FN6OS. The second kappa shape index (κ2) is 7.25. The molecular weight excluding hydrogens is 391 g/mol. The molecule has 3 aromatic heterocycles. The van der Waals surface area contributed by atoms with Crippen molar-refractivity contribution in [3.8, 4) is 11.4 Å². The lowest BCUT2D eigenvalue weighted by Gasteiger charge is -2.34. The number of rotatable bonds is 4. The second-order valence-corrected chi connectivity index (χ2v) is 7.64. The van der Waals surface area contributed by atoms with Gasteiger partial charge in [-0.25, -0.2) is 4.39 Å². The van der Waals surface area contributed by atoms with Crippen LogP contribution in [-0.2, 0) is 11.3 Å². The van der Waals surface area contributed by atoms with Gasteiger partial charge in [0.15, 0.2) is 11.5 Å². The number of nitrogens with zero attached hydrogens (tertiary/aromatic N) is 6. The number of hydrogen-bond donors (Lipinski definition) is 0. The lowest BCUT2D eigenvalue weighted by molar-refractivity contribution is -0.131. The highest BCUT2D eigenvalue weighted by Gasteiger charge is 2.25. The molecule has 0 unspecified atom stereocenters. The number of halogens is 1. The Morgan fingerprint density at radius 1 is 1.10 bits per heavy atom. The third kappa shape index (κ3) is 3.44. The van der Waals surface area contributed by atoms with Crippen LogP contribution in [-0.4, -0.2) is 50.3 Å². The van der Waals surface area contributed by atoms with Gasteiger partial charge in [-0.15, -0.1) is 15.3 Å². The molecule has 0 aliphatic carbocycles. The third-order valence-corrected chi connectivity index (χ3v) is 5.62. The summed E-state index contributed by atoms with van der Waals surface area (Å²) in [7, 11) is 0. The number of amides is 1. The van der Waals surface area contributed by atoms with Crippen LogP contribution in [0.15, 0.2) is 53.2 Å². The Labute approximate surface area is 170 Å². The van der Waals surface area contributed by atoms with Crippen molar-refractivity contribution in [3.63, 3.8) is 0 Å². The van der Waals surface area contributed by atoms with Crippen LogP contribution in [0.5, 0.6) is 0 Å². The van der Waals surface area contributed by atoms with E-state index in [2.05, 4.69) is 15.3 Å². The van der Waals surface area contributed by atoms with Crippen LogP contribution in [0.1, 0.15) is 5.56 Å². The molecule has 1 fully saturated rings. The fourth-order valence-corrected chi connectivity index (χ4v) is 4.08. The monoisotopic (exact) mass is 408 g/mol. The van der Waals surface area contributed by atoms with Gasteiger partial charge in [-0.3, -0.25) is 4.79 Å². The van der Waals surface area contributed by atoms with E-state index in [-0.39, 0.29) is 18.3 Å². The minimum absolute atomic E-state index is 0.00998. The first-order valence-electron chi connectivity index (χ1n) is 9.19. The highest BCUT2D eigenvalue weighted by molar-refractivity contribution is 7.08. The van der Waals surface area contributed by atoms with Crippen LogP contribution in [0.3, 0.4) is 0 Å². The zero-order chi connectivity index (χ0) is 19.8. The first-order chi connectivity index (χ1) is 14.2. The summed E-state index contributed by atoms with van der Waals surface area (Å²) < 4.78 is 15.1. The summed E-state index contributed by atoms with van der Waals surface area (Å²) in [6.45, 7) is 1.83. The summed E-state index contributed by atoms with van der Waals surface area (Å²) in [6, 6.07) is 12.1. The predicted octanol–water partition coefficient (Wildman–Crippen LogP) is 2.84. The first kappa shape index (κ1) is 17.7. The third-order valence-electron chi connectivity index (χ3n) is 4.93. The van der Waals surface area contributed by atoms with Crippen LogP contribution < -0.4 is 4.90 Å². The Bertz CT molecular complexity index is 1170. The molecule has 1 aliphatic heterocycles. The van der Waals surface area contributed by atoms with E-state index < -0.39 is 0 Å². The Balaban J connectivity index is 1.35. The van der Waals surface area contributed by atoms with Gasteiger partial charge in [-0.2, -0.15) is 15.9 Å². The van der Waals surface area contributed by atoms with E-state index in [1.54, 1.807) is 26.8 Å². The Morgan fingerprint density at radius 3 is 2.83 bits per heavy atom. The standard InChI is InChI=1S/C20H17FN6OS/c21-16-3-1-2-14(10-16)11-26-8-7-25(12-19(26)28)18-5-4-17-22-23-20(27(17)24-18)15-6-9-29-13-15/h1-6,9-10,13H,7-8,11-12H2. The van der Waals surface area contributed by atoms with E-state index in [9.17, 15) is 9.18 Å². The van der Waals surface area contributed by atoms with Crippen molar-refractivity contribution in [2.24, 2.45) is 0 Å². The maximum absolute atomic E-state index is 13.4. The molecule has 1 amide bonds. The number of benzene rings is 1. The molecule has 0 atom stereocenters. The zero-order valence-electron chi connectivity index (χ0n) is 15.4. The Hall–Kier alpha value is -3.33. The first-order valence-corrected chi connectivity index (χ1v) is 10.1. The molecule has 1 aliphatic rings. The summed E-state index contributed by atoms with van der Waals surface area (Å²) in [4.78, 5) is 16.4. The number of hydrogen-bond acceptors (Lipinski definition) is 6. The highest BCUT2D eigenvalue weighted by Crippen LogP contribution is 2.22. The van der Waals surface area contributed by atoms with Crippen molar-refractivity contribution in [2.45, 2.75) is 6.54 Å². The number of thiophene rings is 1. The van der Waals surface area contributed by atoms with Gasteiger partial charge in [-0.1, -0.05) is 12.1 Å². The molecule has 0 radical (unpaired) electrons. The van der Waals surface area contributed by atoms with E-state index >= 15 is 0 Å². The van der Waals surface area contributed by atoms with Crippen LogP contribution >= 0.6 is 11.3 Å². The van der Waals surface area contributed by atoms with Gasteiger partial charge in [0.2, 0.25) is 5.91 Å². The van der Waals surface area contributed by atoms with Gasteiger partial charge >= 0.3 is 0 Å². The maximum Gasteiger partial charge on any atom is 0.242 e. The Kier molecular flexibility index (Phi) is 4.44. The fraction of sp³-hybridized carbons (Fsp3) is 0.200. The SMILES string of the molecule is O=C1CN(c2ccc3nnc(-c4ccsc4)n3n2)CCN1Cc1cccc(F)c1. The maximum atomic E-state index is 13.4. The summed E-state index contributed by atoms with van der Waals surface area (Å²) in [5.41, 5.74) is 2.41. The smallest absolute Gasteiger partial charge is 0.242 e. The number of carbonyl (C=O) groups is 1. The van der Waals surface area contributed by atoms with Crippen LogP contribution in [0.25, 0.3) is 17.0 Å². The Morgan fingerprint density at radius 2 is 2.03 bits per heavy atom. The van der Waals surface area contributed by atoms with Gasteiger partial charge < -0.3 is 9.80 Å². The molecule has 0 N–H and O–H groups in total. The molecule has 146 valence electrons. The van der Waals surface area contributed by atoms with Crippen LogP contribution in [0.4, 0.5) is 10.2 Å². The molecule has 1 aromatic carbocycles. The van der Waals surface area contributed by atoms with Crippen molar-refractivity contribution in [1.29, 1.82) is 0 Å². The molecule has 0 bridgehead atoms. The molecule has 5 rings (SSSR count). The minimum atomic E-state index is -0.290. The topological polar surface area (TPSA) is 66.6 Å². The summed E-state index contributed by atoms with van der Waals surface area (Å²) >= 11 is 1.59. The molecule has 7 nitrogen and oxygen atoms in total. The van der Waals surface area contributed by atoms with Gasteiger partial charge in [0.05, 0.1) is 6.54 Å². The van der Waals surface area contributed by atoms with Gasteiger partial charge in [0, 0.05) is 30.6 Å². The average molecular weight is 408 g/mol. The molecule has 4 aromatic rings. The number of anilines is 1. The van der Waals surface area contributed by atoms with E-state index in [0.717, 1.165) is 11.1 Å². The second-order valence-electron chi connectivity index (χ2n) is 6.86. The molecule has 9 heteroatoms. The molecule has 0 saturated carbocycles. The van der Waals surface area contributed by atoms with E-state index in [4.69, 9.17) is 0 Å². The minimum Gasteiger partial charge on any atom is -0.344 e. The summed E-state index contributed by atoms with van der Waals surface area (Å²) in [6.07, 6.45) is 0. The van der Waals surface area contributed by atoms with Crippen molar-refractivity contribution in [1.82, 2.24) is 24.7 Å². The van der Waals surface area contributed by atoms with Crippen molar-refractivity contribution < 1.29 is 9.18 Å². The number of carbonyl (C=O) groups excluding carboxylic acids is 1. The lowest BCUT2D eigenvalue weighted by atomic mass is 10.2. The number of fused-ring (bicyclic) bond motifs is 1. The molecule has 0 spiro atoms. The molecule has 1 saturated heterocycles. The van der Waals surface area contributed by atoms with Gasteiger partial charge in [0.25, 0.3) is 0 Å². The van der Waals surface area contributed by atoms with E-state index in [1.807, 2.05) is 39.9 Å². The van der Waals surface area contributed by atoms with Gasteiger partial charge in [0.1, 0.15) is 11.6 Å². The normalized spacial score (nSPS) is 14.7. The quantitative estimate of drug-likeness (QED) is 0.520. The zero-order valence-corrected chi connectivity index (χ0v) is 16.2. The van der Waals surface area contributed by atoms with E-state index in [0.29, 0.717) is 36.9 Å². The van der Waals surface area contributed by atoms with Crippen molar-refractivity contribution in [3.05, 3.63) is 64.6 Å². The van der Waals surface area contributed by atoms with Crippen molar-refractivity contribution in [2.75, 3.05) is 24.5 Å². The van der Waals surface area contributed by atoms with Gasteiger partial charge in [-0.05, 0) is 41.3 Å². The number of aromatic nitrogens is 4. The largest absolute Gasteiger partial charge is 0.344 e. The predicted molar refractivity (Wildman–Crippen MR) is 108 cm³/mol. The highest BCUT2D eigenvalue weighted by atomic mass is 32.1. The van der Waals surface area contributed by atoms with Crippen molar-refractivity contribution >= 4 is 28.7 Å². The summed E-state index contributed by atoms with van der Waals surface area (Å²) in [5.74, 6) is 1.08. The fourth-order valence-electron chi connectivity index (χ4n) is 3.45. The van der Waals surface area contributed by atoms with Crippen LogP contribution in [0, 0.1) is 5.82 Å². The van der Waals surface area contributed by atoms with E-state index in [1.165, 1.54) is 12.1 Å².